The summed E-state index contributed by atoms with van der Waals surface area (Å²) in [6.07, 6.45) is 8.67. The van der Waals surface area contributed by atoms with E-state index in [0.717, 1.165) is 25.9 Å². The minimum absolute atomic E-state index is 0. The van der Waals surface area contributed by atoms with Crippen LogP contribution in [-0.4, -0.2) is 34.6 Å². The second-order valence-electron chi connectivity index (χ2n) is 4.09. The van der Waals surface area contributed by atoms with Crippen LogP contribution >= 0.6 is 24.8 Å². The highest BCUT2D eigenvalue weighted by molar-refractivity contribution is 5.85. The fourth-order valence-electron chi connectivity index (χ4n) is 1.93. The van der Waals surface area contributed by atoms with Gasteiger partial charge in [0, 0.05) is 25.5 Å². The van der Waals surface area contributed by atoms with Crippen molar-refractivity contribution in [3.8, 4) is 0 Å². The molecule has 0 radical (unpaired) electrons. The van der Waals surface area contributed by atoms with Crippen molar-refractivity contribution in [3.05, 3.63) is 18.7 Å². The van der Waals surface area contributed by atoms with Crippen molar-refractivity contribution in [2.24, 2.45) is 0 Å². The van der Waals surface area contributed by atoms with Crippen LogP contribution in [0.15, 0.2) is 18.7 Å². The second kappa shape index (κ2) is 9.19. The first kappa shape index (κ1) is 17.2. The second-order valence-corrected chi connectivity index (χ2v) is 4.09. The third-order valence-corrected chi connectivity index (χ3v) is 2.86. The molecule has 0 saturated carbocycles. The first-order valence-electron chi connectivity index (χ1n) is 5.83. The average Bonchev–Trinajstić information content (AvgIpc) is 2.83. The third kappa shape index (κ3) is 5.25. The molecule has 2 heterocycles. The van der Waals surface area contributed by atoms with Gasteiger partial charge in [-0.25, -0.2) is 4.98 Å². The molecule has 1 aromatic rings. The van der Waals surface area contributed by atoms with E-state index in [1.807, 2.05) is 10.8 Å². The minimum Gasteiger partial charge on any atom is -0.353 e. The van der Waals surface area contributed by atoms with Crippen molar-refractivity contribution in [2.75, 3.05) is 13.1 Å². The molecule has 1 unspecified atom stereocenters. The van der Waals surface area contributed by atoms with Gasteiger partial charge in [-0.05, 0) is 19.4 Å². The number of carbonyl (C=O) groups is 1. The summed E-state index contributed by atoms with van der Waals surface area (Å²) in [6.45, 7) is 2.39. The van der Waals surface area contributed by atoms with E-state index < -0.39 is 0 Å². The number of halogens is 2. The fourth-order valence-corrected chi connectivity index (χ4v) is 1.93. The first-order valence-corrected chi connectivity index (χ1v) is 5.83. The number of hydrogen-bond donors (Lipinski definition) is 2. The molecule has 1 aromatic heterocycles. The number of hydrogen-bond acceptors (Lipinski definition) is 3. The van der Waals surface area contributed by atoms with Gasteiger partial charge in [-0.3, -0.25) is 4.79 Å². The lowest BCUT2D eigenvalue weighted by molar-refractivity contribution is -0.123. The highest BCUT2D eigenvalue weighted by Gasteiger charge is 2.19. The van der Waals surface area contributed by atoms with Crippen LogP contribution in [0.1, 0.15) is 19.3 Å². The summed E-state index contributed by atoms with van der Waals surface area (Å²) in [5.74, 6) is 0.125. The standard InChI is InChI=1S/C11H18N4O.2ClH/c16-11(10-3-1-2-4-13-10)14-6-8-15-7-5-12-9-15;;/h5,7,9-10,13H,1-4,6,8H2,(H,14,16);2*1H. The molecule has 0 bridgehead atoms. The fraction of sp³-hybridized carbons (Fsp3) is 0.636. The zero-order valence-electron chi connectivity index (χ0n) is 10.2. The van der Waals surface area contributed by atoms with Gasteiger partial charge in [0.25, 0.3) is 0 Å². The smallest absolute Gasteiger partial charge is 0.237 e. The summed E-state index contributed by atoms with van der Waals surface area (Å²) in [6, 6.07) is 0.0107. The largest absolute Gasteiger partial charge is 0.353 e. The minimum atomic E-state index is 0. The quantitative estimate of drug-likeness (QED) is 0.871. The number of carbonyl (C=O) groups excluding carboxylic acids is 1. The molecule has 18 heavy (non-hydrogen) atoms. The Balaban J connectivity index is 0.00000144. The molecule has 0 aliphatic carbocycles. The van der Waals surface area contributed by atoms with E-state index in [0.29, 0.717) is 6.54 Å². The Bertz CT molecular complexity index is 326. The monoisotopic (exact) mass is 294 g/mol. The van der Waals surface area contributed by atoms with Gasteiger partial charge >= 0.3 is 0 Å². The third-order valence-electron chi connectivity index (χ3n) is 2.86. The summed E-state index contributed by atoms with van der Waals surface area (Å²) >= 11 is 0. The van der Waals surface area contributed by atoms with Crippen LogP contribution in [-0.2, 0) is 11.3 Å². The molecule has 5 nitrogen and oxygen atoms in total. The molecule has 1 atom stereocenters. The van der Waals surface area contributed by atoms with Gasteiger partial charge in [-0.1, -0.05) is 6.42 Å². The number of imidazole rings is 1. The van der Waals surface area contributed by atoms with E-state index in [1.54, 1.807) is 12.5 Å². The molecule has 1 aliphatic rings. The van der Waals surface area contributed by atoms with Crippen LogP contribution < -0.4 is 10.6 Å². The van der Waals surface area contributed by atoms with Gasteiger partial charge in [0.1, 0.15) is 0 Å². The molecule has 2 rings (SSSR count). The number of nitrogens with zero attached hydrogens (tertiary/aromatic N) is 2. The Morgan fingerprint density at radius 3 is 2.89 bits per heavy atom. The Kier molecular flexibility index (Phi) is 8.79. The molecule has 1 fully saturated rings. The maximum Gasteiger partial charge on any atom is 0.237 e. The number of aromatic nitrogens is 2. The summed E-state index contributed by atoms with van der Waals surface area (Å²) in [5.41, 5.74) is 0. The van der Waals surface area contributed by atoms with Crippen LogP contribution in [0.2, 0.25) is 0 Å². The lowest BCUT2D eigenvalue weighted by Gasteiger charge is -2.22. The summed E-state index contributed by atoms with van der Waals surface area (Å²) in [5, 5.41) is 6.17. The number of nitrogens with one attached hydrogen (secondary N) is 2. The van der Waals surface area contributed by atoms with Crippen LogP contribution in [0.4, 0.5) is 0 Å². The summed E-state index contributed by atoms with van der Waals surface area (Å²) < 4.78 is 1.95. The molecule has 104 valence electrons. The highest BCUT2D eigenvalue weighted by atomic mass is 35.5. The highest BCUT2D eigenvalue weighted by Crippen LogP contribution is 2.06. The molecule has 1 aliphatic heterocycles. The molecule has 2 N–H and O–H groups in total. The van der Waals surface area contributed by atoms with E-state index in [9.17, 15) is 4.79 Å². The SMILES string of the molecule is Cl.Cl.O=C(NCCn1ccnc1)C1CCCCN1. The molecule has 0 aromatic carbocycles. The number of rotatable bonds is 4. The van der Waals surface area contributed by atoms with Crippen molar-refractivity contribution >= 4 is 30.7 Å². The van der Waals surface area contributed by atoms with Crippen molar-refractivity contribution in [3.63, 3.8) is 0 Å². The lowest BCUT2D eigenvalue weighted by atomic mass is 10.0. The van der Waals surface area contributed by atoms with E-state index in [2.05, 4.69) is 15.6 Å². The van der Waals surface area contributed by atoms with E-state index >= 15 is 0 Å². The number of piperidine rings is 1. The van der Waals surface area contributed by atoms with E-state index in [1.165, 1.54) is 6.42 Å². The predicted molar refractivity (Wildman–Crippen MR) is 75.4 cm³/mol. The Morgan fingerprint density at radius 2 is 2.28 bits per heavy atom. The van der Waals surface area contributed by atoms with Gasteiger partial charge < -0.3 is 15.2 Å². The van der Waals surface area contributed by atoms with Crippen molar-refractivity contribution in [1.82, 2.24) is 20.2 Å². The molecule has 7 heteroatoms. The van der Waals surface area contributed by atoms with E-state index in [4.69, 9.17) is 0 Å². The summed E-state index contributed by atoms with van der Waals surface area (Å²) in [4.78, 5) is 15.7. The molecular formula is C11H20Cl2N4O. The first-order chi connectivity index (χ1) is 7.86. The molecule has 1 saturated heterocycles. The van der Waals surface area contributed by atoms with Crippen LogP contribution in [0, 0.1) is 0 Å². The van der Waals surface area contributed by atoms with Gasteiger partial charge in [0.15, 0.2) is 0 Å². The van der Waals surface area contributed by atoms with Crippen LogP contribution in [0.3, 0.4) is 0 Å². The Labute approximate surface area is 120 Å². The Morgan fingerprint density at radius 1 is 1.44 bits per heavy atom. The van der Waals surface area contributed by atoms with Crippen LogP contribution in [0.5, 0.6) is 0 Å². The van der Waals surface area contributed by atoms with Crippen molar-refractivity contribution in [1.29, 1.82) is 0 Å². The molecule has 1 amide bonds. The number of amides is 1. The lowest BCUT2D eigenvalue weighted by Crippen LogP contribution is -2.47. The normalized spacial score (nSPS) is 18.3. The van der Waals surface area contributed by atoms with Crippen molar-refractivity contribution < 1.29 is 4.79 Å². The van der Waals surface area contributed by atoms with E-state index in [-0.39, 0.29) is 36.8 Å². The average molecular weight is 295 g/mol. The van der Waals surface area contributed by atoms with Gasteiger partial charge in [-0.2, -0.15) is 0 Å². The van der Waals surface area contributed by atoms with Crippen LogP contribution in [0.25, 0.3) is 0 Å². The van der Waals surface area contributed by atoms with Gasteiger partial charge in [0.05, 0.1) is 12.4 Å². The topological polar surface area (TPSA) is 59.0 Å². The Hall–Kier alpha value is -0.780. The maximum atomic E-state index is 11.7. The van der Waals surface area contributed by atoms with Crippen molar-refractivity contribution in [2.45, 2.75) is 31.8 Å². The zero-order chi connectivity index (χ0) is 11.2. The van der Waals surface area contributed by atoms with Gasteiger partial charge in [-0.15, -0.1) is 24.8 Å². The zero-order valence-corrected chi connectivity index (χ0v) is 11.8. The molecular weight excluding hydrogens is 275 g/mol. The molecule has 0 spiro atoms. The predicted octanol–water partition coefficient (Wildman–Crippen LogP) is 0.985. The van der Waals surface area contributed by atoms with Gasteiger partial charge in [0.2, 0.25) is 5.91 Å². The maximum absolute atomic E-state index is 11.7. The summed E-state index contributed by atoms with van der Waals surface area (Å²) in [7, 11) is 0.